The summed E-state index contributed by atoms with van der Waals surface area (Å²) in [6, 6.07) is 11.6. The van der Waals surface area contributed by atoms with Crippen molar-refractivity contribution in [3.63, 3.8) is 0 Å². The van der Waals surface area contributed by atoms with Gasteiger partial charge in [0.05, 0.1) is 11.3 Å². The third kappa shape index (κ3) is 5.14. The van der Waals surface area contributed by atoms with E-state index in [1.807, 2.05) is 19.1 Å². The van der Waals surface area contributed by atoms with Gasteiger partial charge in [-0.3, -0.25) is 4.79 Å². The molecule has 0 aliphatic rings. The summed E-state index contributed by atoms with van der Waals surface area (Å²) < 4.78 is 20.5. The third-order valence-corrected chi connectivity index (χ3v) is 5.20. The van der Waals surface area contributed by atoms with E-state index in [1.165, 1.54) is 24.7 Å². The Morgan fingerprint density at radius 3 is 2.57 bits per heavy atom. The fraction of sp³-hybridized carbons (Fsp3) is 0.115. The first-order valence-corrected chi connectivity index (χ1v) is 10.7. The Morgan fingerprint density at radius 2 is 1.89 bits per heavy atom. The lowest BCUT2D eigenvalue weighted by Crippen LogP contribution is -2.11. The number of hydrogen-bond donors (Lipinski definition) is 2. The average Bonchev–Trinajstić information content (AvgIpc) is 2.80. The largest absolute Gasteiger partial charge is 0.421 e. The highest BCUT2D eigenvalue weighted by atomic mass is 19.1. The number of aryl methyl sites for hydroxylation is 2. The number of nitrogens with one attached hydrogen (secondary N) is 1. The average molecular weight is 471 g/mol. The maximum Gasteiger partial charge on any atom is 0.322 e. The zero-order valence-electron chi connectivity index (χ0n) is 19.5. The van der Waals surface area contributed by atoms with Crippen molar-refractivity contribution in [3.8, 4) is 34.1 Å². The monoisotopic (exact) mass is 470 g/mol. The number of ether oxygens (including phenoxy) is 1. The van der Waals surface area contributed by atoms with E-state index in [2.05, 4.69) is 31.8 Å². The number of carbonyl (C=O) groups excluding carboxylic acids is 1. The van der Waals surface area contributed by atoms with Crippen LogP contribution in [0.1, 0.15) is 18.2 Å². The van der Waals surface area contributed by atoms with Crippen molar-refractivity contribution in [3.05, 3.63) is 84.2 Å². The van der Waals surface area contributed by atoms with Gasteiger partial charge in [0.25, 0.3) is 5.91 Å². The van der Waals surface area contributed by atoms with Crippen LogP contribution in [0.25, 0.3) is 22.4 Å². The first-order chi connectivity index (χ1) is 16.7. The summed E-state index contributed by atoms with van der Waals surface area (Å²) in [5, 5.41) is 2.79. The van der Waals surface area contributed by atoms with Gasteiger partial charge in [-0.1, -0.05) is 18.7 Å². The molecule has 0 saturated heterocycles. The number of nitrogen functional groups attached to an aromatic ring is 1. The first-order valence-electron chi connectivity index (χ1n) is 10.7. The number of halogens is 1. The third-order valence-electron chi connectivity index (χ3n) is 5.20. The molecule has 3 N–H and O–H groups in total. The van der Waals surface area contributed by atoms with Crippen LogP contribution in [-0.4, -0.2) is 25.8 Å². The Balaban J connectivity index is 1.71. The Kier molecular flexibility index (Phi) is 6.50. The minimum absolute atomic E-state index is 0.0230. The number of aromatic nitrogens is 4. The number of carbonyl (C=O) groups is 1. The fourth-order valence-electron chi connectivity index (χ4n) is 3.45. The Morgan fingerprint density at radius 1 is 1.09 bits per heavy atom. The van der Waals surface area contributed by atoms with Crippen LogP contribution in [0.4, 0.5) is 15.9 Å². The van der Waals surface area contributed by atoms with Gasteiger partial charge in [0.2, 0.25) is 0 Å². The zero-order valence-corrected chi connectivity index (χ0v) is 19.5. The maximum absolute atomic E-state index is 15.0. The number of benzene rings is 2. The smallest absolute Gasteiger partial charge is 0.322 e. The number of anilines is 2. The number of hydrogen-bond acceptors (Lipinski definition) is 7. The van der Waals surface area contributed by atoms with Gasteiger partial charge in [-0.15, -0.1) is 0 Å². The van der Waals surface area contributed by atoms with E-state index in [9.17, 15) is 9.18 Å². The van der Waals surface area contributed by atoms with E-state index in [-0.39, 0.29) is 23.5 Å². The van der Waals surface area contributed by atoms with Crippen molar-refractivity contribution in [1.29, 1.82) is 0 Å². The molecule has 0 spiro atoms. The predicted octanol–water partition coefficient (Wildman–Crippen LogP) is 5.25. The van der Waals surface area contributed by atoms with Gasteiger partial charge in [0, 0.05) is 28.7 Å². The standard InChI is InChI=1S/C26H23FN6O2/c1-14(2)25(34)33-18-6-7-19(15(3)11-18)23-22(24(28)31-13-30-23)17-5-8-21(20(27)12-17)35-26-29-10-9-16(4)32-26/h5-13H,1H2,2-4H3,(H,33,34)(H2,28,30,31). The van der Waals surface area contributed by atoms with E-state index in [1.54, 1.807) is 32.0 Å². The lowest BCUT2D eigenvalue weighted by atomic mass is 9.96. The minimum atomic E-state index is -0.614. The second-order valence-corrected chi connectivity index (χ2v) is 7.97. The van der Waals surface area contributed by atoms with Crippen molar-refractivity contribution in [1.82, 2.24) is 19.9 Å². The van der Waals surface area contributed by atoms with Gasteiger partial charge >= 0.3 is 6.01 Å². The summed E-state index contributed by atoms with van der Waals surface area (Å²) in [6.07, 6.45) is 2.89. The highest BCUT2D eigenvalue weighted by Gasteiger charge is 2.18. The maximum atomic E-state index is 15.0. The van der Waals surface area contributed by atoms with Crippen LogP contribution >= 0.6 is 0 Å². The molecule has 2 heterocycles. The van der Waals surface area contributed by atoms with Gasteiger partial charge in [-0.05, 0) is 62.2 Å². The zero-order chi connectivity index (χ0) is 25.1. The molecule has 0 aliphatic heterocycles. The summed E-state index contributed by atoms with van der Waals surface area (Å²) in [4.78, 5) is 28.6. The molecule has 0 radical (unpaired) electrons. The van der Waals surface area contributed by atoms with Crippen molar-refractivity contribution in [2.24, 2.45) is 0 Å². The minimum Gasteiger partial charge on any atom is -0.421 e. The molecule has 0 fully saturated rings. The SMILES string of the molecule is C=C(C)C(=O)Nc1ccc(-c2ncnc(N)c2-c2ccc(Oc3nccc(C)n3)c(F)c2)c(C)c1. The highest BCUT2D eigenvalue weighted by molar-refractivity contribution is 6.03. The van der Waals surface area contributed by atoms with Crippen LogP contribution in [0.15, 0.2) is 67.1 Å². The van der Waals surface area contributed by atoms with Crippen molar-refractivity contribution in [2.45, 2.75) is 20.8 Å². The molecule has 2 aromatic heterocycles. The van der Waals surface area contributed by atoms with Crippen LogP contribution < -0.4 is 15.8 Å². The molecule has 0 aliphatic carbocycles. The van der Waals surface area contributed by atoms with Crippen molar-refractivity contribution >= 4 is 17.4 Å². The molecule has 1 amide bonds. The Hall–Kier alpha value is -4.66. The summed E-state index contributed by atoms with van der Waals surface area (Å²) in [7, 11) is 0. The predicted molar refractivity (Wildman–Crippen MR) is 132 cm³/mol. The molecule has 35 heavy (non-hydrogen) atoms. The van der Waals surface area contributed by atoms with Gasteiger partial charge in [0.1, 0.15) is 12.1 Å². The lowest BCUT2D eigenvalue weighted by Gasteiger charge is -2.15. The van der Waals surface area contributed by atoms with Crippen LogP contribution in [0.2, 0.25) is 0 Å². The molecule has 0 unspecified atom stereocenters. The summed E-state index contributed by atoms with van der Waals surface area (Å²) in [6.45, 7) is 8.95. The fourth-order valence-corrected chi connectivity index (χ4v) is 3.45. The number of rotatable bonds is 6. The molecule has 4 rings (SSSR count). The second kappa shape index (κ2) is 9.68. The normalized spacial score (nSPS) is 10.6. The second-order valence-electron chi connectivity index (χ2n) is 7.97. The molecule has 0 atom stereocenters. The van der Waals surface area contributed by atoms with Crippen LogP contribution in [0.3, 0.4) is 0 Å². The van der Waals surface area contributed by atoms with Gasteiger partial charge in [0.15, 0.2) is 11.6 Å². The Labute approximate surface area is 201 Å². The van der Waals surface area contributed by atoms with Crippen LogP contribution in [0, 0.1) is 19.7 Å². The molecule has 2 aromatic carbocycles. The summed E-state index contributed by atoms with van der Waals surface area (Å²) >= 11 is 0. The van der Waals surface area contributed by atoms with Crippen LogP contribution in [0.5, 0.6) is 11.8 Å². The molecule has 4 aromatic rings. The molecule has 9 heteroatoms. The van der Waals surface area contributed by atoms with E-state index in [0.29, 0.717) is 33.8 Å². The van der Waals surface area contributed by atoms with E-state index >= 15 is 0 Å². The molecule has 8 nitrogen and oxygen atoms in total. The van der Waals surface area contributed by atoms with Crippen molar-refractivity contribution < 1.29 is 13.9 Å². The highest BCUT2D eigenvalue weighted by Crippen LogP contribution is 2.37. The Bertz CT molecular complexity index is 1450. The van der Waals surface area contributed by atoms with Gasteiger partial charge in [-0.25, -0.2) is 24.3 Å². The van der Waals surface area contributed by atoms with Gasteiger partial charge in [-0.2, -0.15) is 0 Å². The molecule has 176 valence electrons. The lowest BCUT2D eigenvalue weighted by molar-refractivity contribution is -0.112. The molecular weight excluding hydrogens is 447 g/mol. The number of nitrogens with two attached hydrogens (primary N) is 1. The molecule has 0 saturated carbocycles. The van der Waals surface area contributed by atoms with E-state index in [4.69, 9.17) is 10.5 Å². The van der Waals surface area contributed by atoms with E-state index in [0.717, 1.165) is 11.1 Å². The number of nitrogens with zero attached hydrogens (tertiary/aromatic N) is 4. The van der Waals surface area contributed by atoms with Crippen LogP contribution in [-0.2, 0) is 4.79 Å². The summed E-state index contributed by atoms with van der Waals surface area (Å²) in [5.74, 6) is -0.705. The van der Waals surface area contributed by atoms with Crippen molar-refractivity contribution in [2.75, 3.05) is 11.1 Å². The first kappa shape index (κ1) is 23.5. The molecule has 0 bridgehead atoms. The quantitative estimate of drug-likeness (QED) is 0.370. The summed E-state index contributed by atoms with van der Waals surface area (Å²) in [5.41, 5.74) is 11.0. The van der Waals surface area contributed by atoms with E-state index < -0.39 is 5.82 Å². The molecular formula is C26H23FN6O2. The topological polar surface area (TPSA) is 116 Å². The number of amides is 1. The van der Waals surface area contributed by atoms with Gasteiger partial charge < -0.3 is 15.8 Å².